The van der Waals surface area contributed by atoms with Crippen molar-refractivity contribution >= 4 is 18.1 Å². The second-order valence-corrected chi connectivity index (χ2v) is 6.06. The number of aromatic nitrogens is 1. The van der Waals surface area contributed by atoms with Crippen molar-refractivity contribution in [2.45, 2.75) is 33.0 Å². The van der Waals surface area contributed by atoms with Crippen LogP contribution in [0, 0.1) is 0 Å². The normalized spacial score (nSPS) is 11.5. The van der Waals surface area contributed by atoms with E-state index in [2.05, 4.69) is 9.98 Å². The molecule has 0 atom stereocenters. The van der Waals surface area contributed by atoms with Crippen LogP contribution in [0.3, 0.4) is 0 Å². The Morgan fingerprint density at radius 1 is 1.25 bits per heavy atom. The molecule has 0 spiro atoms. The highest BCUT2D eigenvalue weighted by Gasteiger charge is 2.25. The lowest BCUT2D eigenvalue weighted by Crippen LogP contribution is -2.24. The molecule has 0 aliphatic rings. The van der Waals surface area contributed by atoms with Crippen molar-refractivity contribution in [3.05, 3.63) is 53.7 Å². The molecule has 0 bridgehead atoms. The summed E-state index contributed by atoms with van der Waals surface area (Å²) in [7, 11) is 0. The maximum atomic E-state index is 12.5. The van der Waals surface area contributed by atoms with Gasteiger partial charge in [0.2, 0.25) is 0 Å². The molecule has 2 rings (SSSR count). The van der Waals surface area contributed by atoms with E-state index in [4.69, 9.17) is 15.2 Å². The van der Waals surface area contributed by atoms with Gasteiger partial charge >= 0.3 is 5.97 Å². The highest BCUT2D eigenvalue weighted by Crippen LogP contribution is 2.29. The van der Waals surface area contributed by atoms with E-state index in [0.717, 1.165) is 11.9 Å². The van der Waals surface area contributed by atoms with E-state index in [1.165, 1.54) is 6.20 Å². The summed E-state index contributed by atoms with van der Waals surface area (Å²) in [5.74, 6) is -0.0414. The largest absolute Gasteiger partial charge is 0.488 e. The highest BCUT2D eigenvalue weighted by molar-refractivity contribution is 5.97. The van der Waals surface area contributed by atoms with Crippen LogP contribution in [0.1, 0.15) is 36.7 Å². The van der Waals surface area contributed by atoms with E-state index in [0.29, 0.717) is 12.4 Å². The van der Waals surface area contributed by atoms with Crippen molar-refractivity contribution in [2.24, 2.45) is 10.7 Å². The monoisotopic (exact) mass is 327 g/mol. The van der Waals surface area contributed by atoms with Crippen LogP contribution in [0.2, 0.25) is 0 Å². The van der Waals surface area contributed by atoms with E-state index in [9.17, 15) is 4.79 Å². The molecule has 6 heteroatoms. The Labute approximate surface area is 141 Å². The molecule has 0 aliphatic carbocycles. The van der Waals surface area contributed by atoms with Gasteiger partial charge in [-0.1, -0.05) is 30.3 Å². The van der Waals surface area contributed by atoms with Gasteiger partial charge in [0.25, 0.3) is 0 Å². The van der Waals surface area contributed by atoms with E-state index >= 15 is 0 Å². The first-order valence-corrected chi connectivity index (χ1v) is 7.54. The summed E-state index contributed by atoms with van der Waals surface area (Å²) in [5, 5.41) is 0. The molecule has 2 N–H and O–H groups in total. The standard InChI is InChI=1S/C18H21N3O3/c1-18(2,3)24-17(22)15-14(9-10-20-16(15)21-12-19)23-11-13-7-5-4-6-8-13/h4-10,12H,11H2,1-3H3,(H2,19,20,21). The van der Waals surface area contributed by atoms with Gasteiger partial charge in [0.1, 0.15) is 23.5 Å². The number of esters is 1. The van der Waals surface area contributed by atoms with Crippen LogP contribution < -0.4 is 10.5 Å². The fourth-order valence-corrected chi connectivity index (χ4v) is 1.98. The number of benzene rings is 1. The van der Waals surface area contributed by atoms with Crippen LogP contribution in [0.25, 0.3) is 0 Å². The quantitative estimate of drug-likeness (QED) is 0.517. The maximum Gasteiger partial charge on any atom is 0.346 e. The topological polar surface area (TPSA) is 86.8 Å². The second-order valence-electron chi connectivity index (χ2n) is 6.06. The second kappa shape index (κ2) is 7.59. The molecule has 6 nitrogen and oxygen atoms in total. The zero-order valence-electron chi connectivity index (χ0n) is 14.0. The van der Waals surface area contributed by atoms with Gasteiger partial charge in [0, 0.05) is 6.20 Å². The van der Waals surface area contributed by atoms with E-state index in [1.54, 1.807) is 26.8 Å². The maximum absolute atomic E-state index is 12.5. The van der Waals surface area contributed by atoms with Crippen LogP contribution >= 0.6 is 0 Å². The predicted molar refractivity (Wildman–Crippen MR) is 92.5 cm³/mol. The minimum absolute atomic E-state index is 0.157. The highest BCUT2D eigenvalue weighted by atomic mass is 16.6. The van der Waals surface area contributed by atoms with Gasteiger partial charge in [-0.3, -0.25) is 0 Å². The Morgan fingerprint density at radius 2 is 1.96 bits per heavy atom. The van der Waals surface area contributed by atoms with Crippen LogP contribution in [-0.4, -0.2) is 22.9 Å². The average Bonchev–Trinajstić information content (AvgIpc) is 2.52. The fourth-order valence-electron chi connectivity index (χ4n) is 1.98. The van der Waals surface area contributed by atoms with Crippen molar-refractivity contribution in [3.63, 3.8) is 0 Å². The zero-order valence-corrected chi connectivity index (χ0v) is 14.0. The number of rotatable bonds is 5. The molecule has 0 amide bonds. The Balaban J connectivity index is 2.32. The fraction of sp³-hybridized carbons (Fsp3) is 0.278. The average molecular weight is 327 g/mol. The van der Waals surface area contributed by atoms with Gasteiger partial charge in [0.05, 0.1) is 6.34 Å². The first-order chi connectivity index (χ1) is 11.4. The lowest BCUT2D eigenvalue weighted by molar-refractivity contribution is 0.00662. The zero-order chi connectivity index (χ0) is 17.6. The van der Waals surface area contributed by atoms with E-state index in [-0.39, 0.29) is 11.4 Å². The van der Waals surface area contributed by atoms with Crippen molar-refractivity contribution < 1.29 is 14.3 Å². The molecule has 1 aromatic heterocycles. The van der Waals surface area contributed by atoms with Gasteiger partial charge in [-0.2, -0.15) is 0 Å². The SMILES string of the molecule is CC(C)(C)OC(=O)c1c(OCc2ccccc2)ccnc1N=CN. The number of ether oxygens (including phenoxy) is 2. The molecule has 126 valence electrons. The van der Waals surface area contributed by atoms with Gasteiger partial charge in [-0.15, -0.1) is 0 Å². The number of carbonyl (C=O) groups excluding carboxylic acids is 1. The minimum Gasteiger partial charge on any atom is -0.488 e. The van der Waals surface area contributed by atoms with E-state index in [1.807, 2.05) is 30.3 Å². The summed E-state index contributed by atoms with van der Waals surface area (Å²) in [6, 6.07) is 11.3. The van der Waals surface area contributed by atoms with Crippen LogP contribution in [0.4, 0.5) is 5.82 Å². The van der Waals surface area contributed by atoms with Crippen LogP contribution in [-0.2, 0) is 11.3 Å². The number of aliphatic imine (C=N–C) groups is 1. The molecule has 0 aliphatic heterocycles. The summed E-state index contributed by atoms with van der Waals surface area (Å²) in [6.45, 7) is 5.68. The Bertz CT molecular complexity index is 722. The smallest absolute Gasteiger partial charge is 0.346 e. The molecule has 0 fully saturated rings. The third-order valence-corrected chi connectivity index (χ3v) is 2.93. The molecular formula is C18H21N3O3. The van der Waals surface area contributed by atoms with Gasteiger partial charge < -0.3 is 15.2 Å². The van der Waals surface area contributed by atoms with Crippen molar-refractivity contribution in [2.75, 3.05) is 0 Å². The number of carbonyl (C=O) groups is 1. The molecule has 0 radical (unpaired) electrons. The first-order valence-electron chi connectivity index (χ1n) is 7.54. The lowest BCUT2D eigenvalue weighted by Gasteiger charge is -2.21. The van der Waals surface area contributed by atoms with Crippen LogP contribution in [0.5, 0.6) is 5.75 Å². The molecule has 24 heavy (non-hydrogen) atoms. The first kappa shape index (κ1) is 17.5. The van der Waals surface area contributed by atoms with Crippen molar-refractivity contribution in [3.8, 4) is 5.75 Å². The molecule has 0 saturated carbocycles. The Morgan fingerprint density at radius 3 is 2.58 bits per heavy atom. The summed E-state index contributed by atoms with van der Waals surface area (Å²) < 4.78 is 11.2. The molecule has 1 aromatic carbocycles. The molecule has 2 aromatic rings. The number of pyridine rings is 1. The van der Waals surface area contributed by atoms with Crippen molar-refractivity contribution in [1.29, 1.82) is 0 Å². The van der Waals surface area contributed by atoms with E-state index < -0.39 is 11.6 Å². The molecular weight excluding hydrogens is 306 g/mol. The third kappa shape index (κ3) is 4.81. The van der Waals surface area contributed by atoms with Gasteiger partial charge in [0.15, 0.2) is 5.82 Å². The lowest BCUT2D eigenvalue weighted by atomic mass is 10.1. The number of nitrogens with two attached hydrogens (primary N) is 1. The Kier molecular flexibility index (Phi) is 5.52. The Hall–Kier alpha value is -2.89. The predicted octanol–water partition coefficient (Wildman–Crippen LogP) is 3.23. The summed E-state index contributed by atoms with van der Waals surface area (Å²) in [5.41, 5.74) is 5.84. The molecule has 0 saturated heterocycles. The number of hydrogen-bond donors (Lipinski definition) is 1. The molecule has 0 unspecified atom stereocenters. The van der Waals surface area contributed by atoms with Crippen LogP contribution in [0.15, 0.2) is 47.6 Å². The third-order valence-electron chi connectivity index (χ3n) is 2.93. The van der Waals surface area contributed by atoms with Gasteiger partial charge in [-0.25, -0.2) is 14.8 Å². The molecule has 1 heterocycles. The number of nitrogens with zero attached hydrogens (tertiary/aromatic N) is 2. The minimum atomic E-state index is -0.646. The summed E-state index contributed by atoms with van der Waals surface area (Å²) in [6.07, 6.45) is 2.59. The number of hydrogen-bond acceptors (Lipinski definition) is 5. The summed E-state index contributed by atoms with van der Waals surface area (Å²) in [4.78, 5) is 20.5. The summed E-state index contributed by atoms with van der Waals surface area (Å²) >= 11 is 0. The van der Waals surface area contributed by atoms with Crippen molar-refractivity contribution in [1.82, 2.24) is 4.98 Å². The van der Waals surface area contributed by atoms with Gasteiger partial charge in [-0.05, 0) is 32.4 Å².